The molecule has 1 saturated carbocycles. The van der Waals surface area contributed by atoms with Gasteiger partial charge in [0.25, 0.3) is 0 Å². The van der Waals surface area contributed by atoms with Gasteiger partial charge in [0.2, 0.25) is 0 Å². The second-order valence-electron chi connectivity index (χ2n) is 6.50. The van der Waals surface area contributed by atoms with E-state index in [1.807, 2.05) is 0 Å². The van der Waals surface area contributed by atoms with Crippen molar-refractivity contribution in [1.29, 1.82) is 0 Å². The Morgan fingerprint density at radius 2 is 1.90 bits per heavy atom. The van der Waals surface area contributed by atoms with Crippen molar-refractivity contribution >= 4 is 0 Å². The maximum Gasteiger partial charge on any atom is 0.0489 e. The van der Waals surface area contributed by atoms with Crippen LogP contribution in [-0.4, -0.2) is 19.8 Å². The molecule has 1 N–H and O–H groups in total. The summed E-state index contributed by atoms with van der Waals surface area (Å²) in [6.07, 6.45) is 3.84. The third-order valence-corrected chi connectivity index (χ3v) is 3.81. The molecule has 1 atom stereocenters. The average molecular weight is 275 g/mol. The van der Waals surface area contributed by atoms with Gasteiger partial charge in [0.1, 0.15) is 0 Å². The topological polar surface area (TPSA) is 21.3 Å². The summed E-state index contributed by atoms with van der Waals surface area (Å²) < 4.78 is 5.63. The summed E-state index contributed by atoms with van der Waals surface area (Å²) in [6.45, 7) is 9.33. The van der Waals surface area contributed by atoms with E-state index in [0.29, 0.717) is 12.0 Å². The van der Waals surface area contributed by atoms with Crippen LogP contribution >= 0.6 is 0 Å². The molecule has 1 fully saturated rings. The summed E-state index contributed by atoms with van der Waals surface area (Å²) in [5, 5.41) is 3.73. The summed E-state index contributed by atoms with van der Waals surface area (Å²) in [5.41, 5.74) is 2.78. The largest absolute Gasteiger partial charge is 0.381 e. The Balaban J connectivity index is 1.72. The molecule has 0 aromatic heterocycles. The fourth-order valence-electron chi connectivity index (χ4n) is 2.51. The van der Waals surface area contributed by atoms with E-state index in [-0.39, 0.29) is 0 Å². The predicted molar refractivity (Wildman–Crippen MR) is 84.9 cm³/mol. The molecule has 1 aromatic rings. The molecule has 0 radical (unpaired) electrons. The first-order chi connectivity index (χ1) is 9.66. The highest BCUT2D eigenvalue weighted by Crippen LogP contribution is 2.40. The molecule has 1 aliphatic carbocycles. The second-order valence-corrected chi connectivity index (χ2v) is 6.50. The Morgan fingerprint density at radius 1 is 1.20 bits per heavy atom. The fourth-order valence-corrected chi connectivity index (χ4v) is 2.51. The Labute approximate surface area is 123 Å². The monoisotopic (exact) mass is 275 g/mol. The Kier molecular flexibility index (Phi) is 6.06. The minimum atomic E-state index is 0.542. The van der Waals surface area contributed by atoms with Crippen LogP contribution in [0, 0.1) is 18.8 Å². The Hall–Kier alpha value is -0.860. The van der Waals surface area contributed by atoms with Crippen LogP contribution in [-0.2, 0) is 4.74 Å². The van der Waals surface area contributed by atoms with Gasteiger partial charge in [-0.2, -0.15) is 0 Å². The first-order valence-electron chi connectivity index (χ1n) is 8.04. The van der Waals surface area contributed by atoms with Gasteiger partial charge in [0.15, 0.2) is 0 Å². The van der Waals surface area contributed by atoms with Gasteiger partial charge in [-0.05, 0) is 50.1 Å². The van der Waals surface area contributed by atoms with Crippen LogP contribution in [0.25, 0.3) is 0 Å². The maximum atomic E-state index is 5.63. The number of hydrogen-bond donors (Lipinski definition) is 1. The first kappa shape index (κ1) is 15.5. The number of ether oxygens (including phenoxy) is 1. The zero-order valence-electron chi connectivity index (χ0n) is 13.2. The highest BCUT2D eigenvalue weighted by Gasteiger charge is 2.31. The smallest absolute Gasteiger partial charge is 0.0489 e. The standard InChI is InChI=1S/C18H29NO/c1-14(2)13-20-12-4-11-19-18(17-9-10-17)16-7-5-15(3)6-8-16/h5-8,14,17-19H,4,9-13H2,1-3H3. The Morgan fingerprint density at radius 3 is 2.50 bits per heavy atom. The number of nitrogens with one attached hydrogen (secondary N) is 1. The quantitative estimate of drug-likeness (QED) is 0.685. The highest BCUT2D eigenvalue weighted by molar-refractivity contribution is 5.25. The summed E-state index contributed by atoms with van der Waals surface area (Å²) in [5.74, 6) is 1.48. The lowest BCUT2D eigenvalue weighted by Crippen LogP contribution is -2.25. The molecule has 112 valence electrons. The molecule has 0 spiro atoms. The summed E-state index contributed by atoms with van der Waals surface area (Å²) in [4.78, 5) is 0. The molecule has 0 aliphatic heterocycles. The molecule has 0 bridgehead atoms. The van der Waals surface area contributed by atoms with Crippen molar-refractivity contribution in [2.24, 2.45) is 11.8 Å². The van der Waals surface area contributed by atoms with Crippen LogP contribution in [0.3, 0.4) is 0 Å². The first-order valence-corrected chi connectivity index (χ1v) is 8.04. The van der Waals surface area contributed by atoms with Crippen LogP contribution in [0.1, 0.15) is 50.3 Å². The third kappa shape index (κ3) is 5.26. The normalized spacial score (nSPS) is 16.6. The van der Waals surface area contributed by atoms with Gasteiger partial charge in [0, 0.05) is 19.3 Å². The van der Waals surface area contributed by atoms with E-state index in [0.717, 1.165) is 32.1 Å². The van der Waals surface area contributed by atoms with Gasteiger partial charge in [0.05, 0.1) is 0 Å². The number of rotatable bonds is 9. The minimum absolute atomic E-state index is 0.542. The van der Waals surface area contributed by atoms with Crippen molar-refractivity contribution in [3.8, 4) is 0 Å². The molecule has 1 unspecified atom stereocenters. The second kappa shape index (κ2) is 7.80. The summed E-state index contributed by atoms with van der Waals surface area (Å²) in [7, 11) is 0. The van der Waals surface area contributed by atoms with Crippen molar-refractivity contribution in [2.45, 2.75) is 46.1 Å². The molecular formula is C18H29NO. The SMILES string of the molecule is Cc1ccc(C(NCCCOCC(C)C)C2CC2)cc1. The molecule has 0 saturated heterocycles. The van der Waals surface area contributed by atoms with Crippen LogP contribution in [0.5, 0.6) is 0 Å². The summed E-state index contributed by atoms with van der Waals surface area (Å²) in [6, 6.07) is 9.54. The van der Waals surface area contributed by atoms with Crippen molar-refractivity contribution in [3.05, 3.63) is 35.4 Å². The molecule has 0 amide bonds. The molecule has 1 aromatic carbocycles. The van der Waals surface area contributed by atoms with Crippen molar-refractivity contribution < 1.29 is 4.74 Å². The van der Waals surface area contributed by atoms with Crippen molar-refractivity contribution in [1.82, 2.24) is 5.32 Å². The van der Waals surface area contributed by atoms with Crippen LogP contribution in [0.15, 0.2) is 24.3 Å². The highest BCUT2D eigenvalue weighted by atomic mass is 16.5. The molecule has 2 rings (SSSR count). The van der Waals surface area contributed by atoms with E-state index in [1.165, 1.54) is 24.0 Å². The van der Waals surface area contributed by atoms with E-state index in [2.05, 4.69) is 50.4 Å². The molecule has 2 heteroatoms. The van der Waals surface area contributed by atoms with E-state index in [1.54, 1.807) is 0 Å². The lowest BCUT2D eigenvalue weighted by atomic mass is 10.0. The Bertz CT molecular complexity index is 381. The average Bonchev–Trinajstić information content (AvgIpc) is 3.23. The van der Waals surface area contributed by atoms with Gasteiger partial charge in [-0.3, -0.25) is 0 Å². The zero-order chi connectivity index (χ0) is 14.4. The number of aryl methyl sites for hydroxylation is 1. The zero-order valence-corrected chi connectivity index (χ0v) is 13.2. The maximum absolute atomic E-state index is 5.63. The number of benzene rings is 1. The van der Waals surface area contributed by atoms with Gasteiger partial charge < -0.3 is 10.1 Å². The van der Waals surface area contributed by atoms with E-state index in [9.17, 15) is 0 Å². The van der Waals surface area contributed by atoms with Gasteiger partial charge >= 0.3 is 0 Å². The molecule has 0 heterocycles. The van der Waals surface area contributed by atoms with Crippen LogP contribution < -0.4 is 5.32 Å². The minimum Gasteiger partial charge on any atom is -0.381 e. The molecule has 20 heavy (non-hydrogen) atoms. The van der Waals surface area contributed by atoms with E-state index < -0.39 is 0 Å². The molecule has 1 aliphatic rings. The van der Waals surface area contributed by atoms with Gasteiger partial charge in [-0.25, -0.2) is 0 Å². The predicted octanol–water partition coefficient (Wildman–Crippen LogP) is 4.10. The van der Waals surface area contributed by atoms with Crippen molar-refractivity contribution in [2.75, 3.05) is 19.8 Å². The van der Waals surface area contributed by atoms with Crippen molar-refractivity contribution in [3.63, 3.8) is 0 Å². The van der Waals surface area contributed by atoms with Gasteiger partial charge in [-0.15, -0.1) is 0 Å². The van der Waals surface area contributed by atoms with E-state index >= 15 is 0 Å². The molecule has 2 nitrogen and oxygen atoms in total. The molecular weight excluding hydrogens is 246 g/mol. The van der Waals surface area contributed by atoms with Gasteiger partial charge in [-0.1, -0.05) is 43.7 Å². The van der Waals surface area contributed by atoms with Crippen LogP contribution in [0.4, 0.5) is 0 Å². The van der Waals surface area contributed by atoms with Crippen LogP contribution in [0.2, 0.25) is 0 Å². The third-order valence-electron chi connectivity index (χ3n) is 3.81. The summed E-state index contributed by atoms with van der Waals surface area (Å²) >= 11 is 0. The lowest BCUT2D eigenvalue weighted by molar-refractivity contribution is 0.107. The lowest BCUT2D eigenvalue weighted by Gasteiger charge is -2.19. The fraction of sp³-hybridized carbons (Fsp3) is 0.667. The van der Waals surface area contributed by atoms with E-state index in [4.69, 9.17) is 4.74 Å². The number of hydrogen-bond acceptors (Lipinski definition) is 2.